The normalized spacial score (nSPS) is 12.6. The number of nitrogens with zero attached hydrogens (tertiary/aromatic N) is 1. The zero-order chi connectivity index (χ0) is 12.3. The molecule has 0 heterocycles. The van der Waals surface area contributed by atoms with Crippen LogP contribution in [-0.4, -0.2) is 28.9 Å². The molecule has 0 unspecified atom stereocenters. The van der Waals surface area contributed by atoms with Gasteiger partial charge < -0.3 is 10.0 Å². The van der Waals surface area contributed by atoms with Gasteiger partial charge in [0, 0.05) is 17.8 Å². The Balaban J connectivity index is 2.19. The molecule has 0 atom stereocenters. The topological polar surface area (TPSA) is 57.6 Å². The molecule has 1 N–H and O–H groups in total. The summed E-state index contributed by atoms with van der Waals surface area (Å²) in [5.41, 5.74) is 0.825. The highest BCUT2D eigenvalue weighted by Gasteiger charge is 2.11. The van der Waals surface area contributed by atoms with Gasteiger partial charge in [0.15, 0.2) is 0 Å². The summed E-state index contributed by atoms with van der Waals surface area (Å²) in [5, 5.41) is 10.6. The highest BCUT2D eigenvalue weighted by Crippen LogP contribution is 2.06. The van der Waals surface area contributed by atoms with Crippen molar-refractivity contribution in [2.24, 2.45) is 0 Å². The highest BCUT2D eigenvalue weighted by molar-refractivity contribution is 5.86. The van der Waals surface area contributed by atoms with Crippen LogP contribution in [0.2, 0.25) is 0 Å². The van der Waals surface area contributed by atoms with Gasteiger partial charge in [0.25, 0.3) is 0 Å². The van der Waals surface area contributed by atoms with Crippen molar-refractivity contribution >= 4 is 24.2 Å². The van der Waals surface area contributed by atoms with Gasteiger partial charge in [0.2, 0.25) is 6.41 Å². The van der Waals surface area contributed by atoms with E-state index < -0.39 is 5.97 Å². The number of carboxylic acid groups (broad SMARTS) is 1. The van der Waals surface area contributed by atoms with Crippen LogP contribution in [0.15, 0.2) is 36.4 Å². The van der Waals surface area contributed by atoms with Gasteiger partial charge in [-0.05, 0) is 11.3 Å². The van der Waals surface area contributed by atoms with Gasteiger partial charge in [-0.25, -0.2) is 4.79 Å². The van der Waals surface area contributed by atoms with Crippen LogP contribution in [0.1, 0.15) is 0 Å². The van der Waals surface area contributed by atoms with Crippen molar-refractivity contribution in [3.63, 3.8) is 0 Å². The highest BCUT2D eigenvalue weighted by atomic mass is 16.4. The molecule has 1 aliphatic rings. The number of carbonyl (C=O) groups is 2. The van der Waals surface area contributed by atoms with Crippen LogP contribution in [0.5, 0.6) is 0 Å². The first kappa shape index (κ1) is 11.1. The summed E-state index contributed by atoms with van der Waals surface area (Å²) in [6.07, 6.45) is 5.08. The Hall–Kier alpha value is -2.36. The molecule has 4 nitrogen and oxygen atoms in total. The van der Waals surface area contributed by atoms with E-state index in [9.17, 15) is 9.59 Å². The number of rotatable bonds is 5. The largest absolute Gasteiger partial charge is 0.478 e. The first-order chi connectivity index (χ1) is 8.22. The van der Waals surface area contributed by atoms with E-state index in [4.69, 9.17) is 5.11 Å². The van der Waals surface area contributed by atoms with Gasteiger partial charge in [0.1, 0.15) is 0 Å². The standard InChI is InChI=1S/C13H11NO3/c15-9-14(7-3-6-13(16)17)12-8-10-4-1-2-5-11(10)12/h1-6,8-9H,7H2,(H,16,17). The van der Waals surface area contributed by atoms with Gasteiger partial charge in [0.05, 0.1) is 5.70 Å². The summed E-state index contributed by atoms with van der Waals surface area (Å²) >= 11 is 0. The van der Waals surface area contributed by atoms with Crippen LogP contribution in [0.4, 0.5) is 0 Å². The summed E-state index contributed by atoms with van der Waals surface area (Å²) in [6, 6.07) is 7.74. The second-order valence-electron chi connectivity index (χ2n) is 3.62. The van der Waals surface area contributed by atoms with Gasteiger partial charge >= 0.3 is 5.97 Å². The Morgan fingerprint density at radius 3 is 2.76 bits per heavy atom. The maximum Gasteiger partial charge on any atom is 0.328 e. The number of benzene rings is 1. The van der Waals surface area contributed by atoms with E-state index in [1.54, 1.807) is 0 Å². The molecule has 17 heavy (non-hydrogen) atoms. The van der Waals surface area contributed by atoms with Crippen LogP contribution in [0.25, 0.3) is 11.8 Å². The number of aliphatic carboxylic acids is 1. The van der Waals surface area contributed by atoms with Crippen LogP contribution in [0, 0.1) is 0 Å². The van der Waals surface area contributed by atoms with Crippen LogP contribution in [0.3, 0.4) is 0 Å². The molecule has 4 heteroatoms. The molecule has 0 aliphatic heterocycles. The molecule has 0 aromatic heterocycles. The first-order valence-electron chi connectivity index (χ1n) is 5.15. The average Bonchev–Trinajstić information content (AvgIpc) is 2.28. The summed E-state index contributed by atoms with van der Waals surface area (Å²) in [5.74, 6) is -1.01. The summed E-state index contributed by atoms with van der Waals surface area (Å²) in [6.45, 7) is 0.260. The quantitative estimate of drug-likeness (QED) is 0.556. The third kappa shape index (κ3) is 2.25. The fourth-order valence-corrected chi connectivity index (χ4v) is 1.71. The fraction of sp³-hybridized carbons (Fsp3) is 0.0769. The minimum atomic E-state index is -1.01. The van der Waals surface area contributed by atoms with E-state index in [2.05, 4.69) is 0 Å². The maximum atomic E-state index is 10.9. The lowest BCUT2D eigenvalue weighted by Crippen LogP contribution is -2.40. The smallest absolute Gasteiger partial charge is 0.328 e. The first-order valence-corrected chi connectivity index (χ1v) is 5.15. The Labute approximate surface area is 97.8 Å². The molecule has 0 spiro atoms. The van der Waals surface area contributed by atoms with Crippen molar-refractivity contribution < 1.29 is 14.7 Å². The van der Waals surface area contributed by atoms with Crippen molar-refractivity contribution in [1.82, 2.24) is 4.90 Å². The van der Waals surface area contributed by atoms with Gasteiger partial charge in [-0.1, -0.05) is 30.3 Å². The summed E-state index contributed by atoms with van der Waals surface area (Å²) in [7, 11) is 0. The van der Waals surface area contributed by atoms with Crippen LogP contribution < -0.4 is 10.4 Å². The summed E-state index contributed by atoms with van der Waals surface area (Å²) in [4.78, 5) is 22.7. The molecule has 0 radical (unpaired) electrons. The zero-order valence-corrected chi connectivity index (χ0v) is 9.04. The molecule has 1 aromatic rings. The lowest BCUT2D eigenvalue weighted by molar-refractivity contribution is -0.131. The minimum absolute atomic E-state index is 0.260. The van der Waals surface area contributed by atoms with Crippen LogP contribution in [-0.2, 0) is 9.59 Å². The number of hydrogen-bond acceptors (Lipinski definition) is 2. The van der Waals surface area contributed by atoms with E-state index in [1.807, 2.05) is 30.3 Å². The number of carbonyl (C=O) groups excluding carboxylic acids is 1. The Morgan fingerprint density at radius 2 is 2.12 bits per heavy atom. The Morgan fingerprint density at radius 1 is 1.35 bits per heavy atom. The molecular weight excluding hydrogens is 218 g/mol. The fourth-order valence-electron chi connectivity index (χ4n) is 1.71. The number of fused-ring (bicyclic) bond motifs is 1. The van der Waals surface area contributed by atoms with Crippen LogP contribution >= 0.6 is 0 Å². The monoisotopic (exact) mass is 229 g/mol. The molecule has 1 aliphatic carbocycles. The maximum absolute atomic E-state index is 10.9. The van der Waals surface area contributed by atoms with Gasteiger partial charge in [-0.3, -0.25) is 4.79 Å². The lowest BCUT2D eigenvalue weighted by Gasteiger charge is -2.21. The zero-order valence-electron chi connectivity index (χ0n) is 9.04. The van der Waals surface area contributed by atoms with E-state index >= 15 is 0 Å². The molecule has 86 valence electrons. The van der Waals surface area contributed by atoms with Gasteiger partial charge in [-0.2, -0.15) is 0 Å². The van der Waals surface area contributed by atoms with E-state index in [-0.39, 0.29) is 6.54 Å². The van der Waals surface area contributed by atoms with E-state index in [0.29, 0.717) is 6.41 Å². The molecule has 1 amide bonds. The van der Waals surface area contributed by atoms with Crippen molar-refractivity contribution in [1.29, 1.82) is 0 Å². The SMILES string of the molecule is O=CN(CC=CC(=O)O)C1=c2ccccc2=C1. The van der Waals surface area contributed by atoms with Crippen molar-refractivity contribution in [3.05, 3.63) is 46.9 Å². The third-order valence-electron chi connectivity index (χ3n) is 2.53. The molecule has 2 rings (SSSR count). The van der Waals surface area contributed by atoms with Crippen molar-refractivity contribution in [2.75, 3.05) is 6.54 Å². The number of hydrogen-bond donors (Lipinski definition) is 1. The number of amides is 1. The predicted octanol–water partition coefficient (Wildman–Crippen LogP) is -0.312. The van der Waals surface area contributed by atoms with Gasteiger partial charge in [-0.15, -0.1) is 0 Å². The molecule has 1 aromatic carbocycles. The molecule has 0 saturated carbocycles. The van der Waals surface area contributed by atoms with Crippen molar-refractivity contribution in [3.8, 4) is 0 Å². The number of carboxylic acids is 1. The van der Waals surface area contributed by atoms with Crippen molar-refractivity contribution in [2.45, 2.75) is 0 Å². The second kappa shape index (κ2) is 4.65. The third-order valence-corrected chi connectivity index (χ3v) is 2.53. The Kier molecular flexibility index (Phi) is 3.05. The average molecular weight is 229 g/mol. The van der Waals surface area contributed by atoms with E-state index in [0.717, 1.165) is 22.2 Å². The predicted molar refractivity (Wildman–Crippen MR) is 63.1 cm³/mol. The Bertz CT molecular complexity index is 601. The molecule has 0 fully saturated rings. The minimum Gasteiger partial charge on any atom is -0.478 e. The lowest BCUT2D eigenvalue weighted by atomic mass is 10.1. The molecular formula is C13H11NO3. The molecule has 0 saturated heterocycles. The molecule has 0 bridgehead atoms. The summed E-state index contributed by atoms with van der Waals surface area (Å²) < 4.78 is 0. The second-order valence-corrected chi connectivity index (χ2v) is 3.62. The van der Waals surface area contributed by atoms with E-state index in [1.165, 1.54) is 11.0 Å².